The molecule has 76 heavy (non-hydrogen) atoms. The molecule has 0 aliphatic heterocycles. The first kappa shape index (κ1) is 74.3. The van der Waals surface area contributed by atoms with E-state index in [4.69, 9.17) is 4.74 Å². The Balaban J connectivity index is 3.35. The summed E-state index contributed by atoms with van der Waals surface area (Å²) in [5.74, 6) is -0.0205. The Bertz CT molecular complexity index is 1190. The van der Waals surface area contributed by atoms with Gasteiger partial charge in [0.2, 0.25) is 5.91 Å². The number of carbonyl (C=O) groups excluding carboxylic acids is 2. The minimum Gasteiger partial charge on any atom is -0.466 e. The highest BCUT2D eigenvalue weighted by Crippen LogP contribution is 2.19. The minimum absolute atomic E-state index is 0.00939. The first-order valence-electron chi connectivity index (χ1n) is 34.6. The molecule has 0 aromatic heterocycles. The molecule has 0 aromatic rings. The fourth-order valence-electron chi connectivity index (χ4n) is 11.0. The molecule has 0 fully saturated rings. The fraction of sp³-hybridized carbons (Fsp3) is 0.914. The summed E-state index contributed by atoms with van der Waals surface area (Å²) in [5.41, 5.74) is 0. The van der Waals surface area contributed by atoms with Crippen LogP contribution >= 0.6 is 0 Å². The fourth-order valence-corrected chi connectivity index (χ4v) is 11.0. The molecule has 6 heteroatoms. The van der Waals surface area contributed by atoms with Crippen LogP contribution in [-0.2, 0) is 14.3 Å². The number of aliphatic hydroxyl groups is 2. The van der Waals surface area contributed by atoms with E-state index >= 15 is 0 Å². The van der Waals surface area contributed by atoms with Crippen molar-refractivity contribution in [2.24, 2.45) is 0 Å². The monoisotopic (exact) mass is 1070 g/mol. The Morgan fingerprint density at radius 2 is 0.658 bits per heavy atom. The lowest BCUT2D eigenvalue weighted by Crippen LogP contribution is -2.45. The van der Waals surface area contributed by atoms with Crippen molar-refractivity contribution in [2.45, 2.75) is 398 Å². The van der Waals surface area contributed by atoms with Crippen LogP contribution in [0.25, 0.3) is 0 Å². The van der Waals surface area contributed by atoms with Crippen LogP contribution < -0.4 is 5.32 Å². The Morgan fingerprint density at radius 1 is 0.368 bits per heavy atom. The molecule has 2 unspecified atom stereocenters. The molecule has 0 aliphatic carbocycles. The lowest BCUT2D eigenvalue weighted by atomic mass is 10.0. The normalized spacial score (nSPS) is 12.6. The number of aliphatic hydroxyl groups excluding tert-OH is 2. The van der Waals surface area contributed by atoms with Crippen LogP contribution in [0.4, 0.5) is 0 Å². The van der Waals surface area contributed by atoms with Crippen molar-refractivity contribution in [3.8, 4) is 0 Å². The van der Waals surface area contributed by atoms with Crippen LogP contribution in [0.15, 0.2) is 24.3 Å². The first-order chi connectivity index (χ1) is 37.5. The molecule has 0 saturated heterocycles. The quantitative estimate of drug-likeness (QED) is 0.0320. The van der Waals surface area contributed by atoms with Gasteiger partial charge in [0.05, 0.1) is 25.4 Å². The van der Waals surface area contributed by atoms with Crippen LogP contribution in [-0.4, -0.2) is 47.4 Å². The van der Waals surface area contributed by atoms with Gasteiger partial charge in [0.1, 0.15) is 0 Å². The van der Waals surface area contributed by atoms with Gasteiger partial charge in [0.25, 0.3) is 0 Å². The van der Waals surface area contributed by atoms with Crippen molar-refractivity contribution in [1.29, 1.82) is 0 Å². The lowest BCUT2D eigenvalue weighted by molar-refractivity contribution is -0.143. The lowest BCUT2D eigenvalue weighted by Gasteiger charge is -2.22. The van der Waals surface area contributed by atoms with Gasteiger partial charge in [-0.1, -0.05) is 340 Å². The Labute approximate surface area is 475 Å². The molecule has 0 aliphatic rings. The number of amides is 1. The SMILES string of the molecule is CCCCC/C=C\C/C=C\CCCCCCCCCC(=O)OCCCCCCCCCCCCCCCCCCCCCCCCCCCC(=O)NC(CO)C(O)CCCCCCCCCCCCCCCCCCC. The zero-order valence-electron chi connectivity index (χ0n) is 51.5. The van der Waals surface area contributed by atoms with E-state index in [1.165, 1.54) is 302 Å². The Morgan fingerprint density at radius 3 is 1.03 bits per heavy atom. The first-order valence-corrected chi connectivity index (χ1v) is 34.6. The number of carbonyl (C=O) groups is 2. The number of nitrogens with one attached hydrogen (secondary N) is 1. The second-order valence-corrected chi connectivity index (χ2v) is 23.9. The van der Waals surface area contributed by atoms with E-state index in [2.05, 4.69) is 43.5 Å². The number of rotatable bonds is 65. The van der Waals surface area contributed by atoms with Gasteiger partial charge in [-0.2, -0.15) is 0 Å². The zero-order chi connectivity index (χ0) is 55.0. The largest absolute Gasteiger partial charge is 0.466 e. The third-order valence-electron chi connectivity index (χ3n) is 16.3. The van der Waals surface area contributed by atoms with Gasteiger partial charge >= 0.3 is 5.97 Å². The highest BCUT2D eigenvalue weighted by Gasteiger charge is 2.20. The summed E-state index contributed by atoms with van der Waals surface area (Å²) in [5, 5.41) is 23.4. The average Bonchev–Trinajstić information content (AvgIpc) is 3.42. The van der Waals surface area contributed by atoms with Crippen LogP contribution in [0.3, 0.4) is 0 Å². The van der Waals surface area contributed by atoms with E-state index in [0.29, 0.717) is 25.9 Å². The summed E-state index contributed by atoms with van der Waals surface area (Å²) < 4.78 is 5.50. The topological polar surface area (TPSA) is 95.9 Å². The molecule has 6 nitrogen and oxygen atoms in total. The van der Waals surface area contributed by atoms with Crippen molar-refractivity contribution in [1.82, 2.24) is 5.32 Å². The van der Waals surface area contributed by atoms with Crippen molar-refractivity contribution in [2.75, 3.05) is 13.2 Å². The van der Waals surface area contributed by atoms with Gasteiger partial charge < -0.3 is 20.3 Å². The van der Waals surface area contributed by atoms with E-state index in [-0.39, 0.29) is 18.5 Å². The molecule has 0 radical (unpaired) electrons. The van der Waals surface area contributed by atoms with E-state index in [0.717, 1.165) is 51.4 Å². The molecule has 0 spiro atoms. The smallest absolute Gasteiger partial charge is 0.305 e. The van der Waals surface area contributed by atoms with Gasteiger partial charge in [0, 0.05) is 12.8 Å². The molecule has 0 bridgehead atoms. The van der Waals surface area contributed by atoms with Gasteiger partial charge in [-0.05, 0) is 57.8 Å². The van der Waals surface area contributed by atoms with E-state index < -0.39 is 12.1 Å². The van der Waals surface area contributed by atoms with Crippen molar-refractivity contribution in [3.05, 3.63) is 24.3 Å². The number of hydrogen-bond acceptors (Lipinski definition) is 5. The van der Waals surface area contributed by atoms with Crippen molar-refractivity contribution in [3.63, 3.8) is 0 Å². The third-order valence-corrected chi connectivity index (χ3v) is 16.3. The molecule has 1 amide bonds. The maximum absolute atomic E-state index is 12.5. The molecule has 0 saturated carbocycles. The average molecular weight is 1070 g/mol. The van der Waals surface area contributed by atoms with Gasteiger partial charge in [-0.3, -0.25) is 9.59 Å². The van der Waals surface area contributed by atoms with Crippen LogP contribution in [0.1, 0.15) is 386 Å². The molecule has 0 aromatic carbocycles. The van der Waals surface area contributed by atoms with Crippen LogP contribution in [0, 0.1) is 0 Å². The highest BCUT2D eigenvalue weighted by atomic mass is 16.5. The molecule has 2 atom stereocenters. The summed E-state index contributed by atoms with van der Waals surface area (Å²) in [6, 6.07) is -0.540. The highest BCUT2D eigenvalue weighted by molar-refractivity contribution is 5.76. The van der Waals surface area contributed by atoms with Crippen LogP contribution in [0.5, 0.6) is 0 Å². The number of allylic oxidation sites excluding steroid dienone is 4. The van der Waals surface area contributed by atoms with Gasteiger partial charge in [-0.25, -0.2) is 0 Å². The second-order valence-electron chi connectivity index (χ2n) is 23.9. The predicted octanol–water partition coefficient (Wildman–Crippen LogP) is 22.1. The summed E-state index contributed by atoms with van der Waals surface area (Å²) >= 11 is 0. The summed E-state index contributed by atoms with van der Waals surface area (Å²) in [7, 11) is 0. The molecular formula is C70H135NO5. The number of esters is 1. The Hall–Kier alpha value is -1.66. The summed E-state index contributed by atoms with van der Waals surface area (Å²) in [6.07, 6.45) is 82.1. The number of hydrogen-bond donors (Lipinski definition) is 3. The Kier molecular flexibility index (Phi) is 64.4. The second kappa shape index (κ2) is 65.9. The van der Waals surface area contributed by atoms with E-state index in [1.807, 2.05) is 0 Å². The number of unbranched alkanes of at least 4 members (excludes halogenated alkanes) is 50. The third kappa shape index (κ3) is 61.6. The number of ether oxygens (including phenoxy) is 1. The molecule has 450 valence electrons. The van der Waals surface area contributed by atoms with Crippen molar-refractivity contribution < 1.29 is 24.5 Å². The van der Waals surface area contributed by atoms with Gasteiger partial charge in [-0.15, -0.1) is 0 Å². The van der Waals surface area contributed by atoms with Gasteiger partial charge in [0.15, 0.2) is 0 Å². The molecular weight excluding hydrogens is 935 g/mol. The molecule has 0 rings (SSSR count). The maximum Gasteiger partial charge on any atom is 0.305 e. The summed E-state index contributed by atoms with van der Waals surface area (Å²) in [4.78, 5) is 24.6. The van der Waals surface area contributed by atoms with Crippen molar-refractivity contribution >= 4 is 11.9 Å². The predicted molar refractivity (Wildman–Crippen MR) is 333 cm³/mol. The summed E-state index contributed by atoms with van der Waals surface area (Å²) in [6.45, 7) is 4.96. The minimum atomic E-state index is -0.663. The standard InChI is InChI=1S/C70H135NO5/c1-3-5-7-9-11-13-15-17-19-30-34-38-42-46-50-54-58-62-68(73)67(66-72)71-69(74)63-59-55-51-47-43-39-35-32-28-26-24-22-21-23-25-27-29-33-37-41-45-49-53-57-61-65-76-70(75)64-60-56-52-48-44-40-36-31-20-18-16-14-12-10-8-6-4-2/h12,14,18,20,67-68,72-73H,3-11,13,15-17,19,21-66H2,1-2H3,(H,71,74)/b14-12-,20-18-. The zero-order valence-corrected chi connectivity index (χ0v) is 51.5. The molecule has 3 N–H and O–H groups in total. The van der Waals surface area contributed by atoms with Crippen LogP contribution in [0.2, 0.25) is 0 Å². The van der Waals surface area contributed by atoms with E-state index in [1.54, 1.807) is 0 Å². The van der Waals surface area contributed by atoms with E-state index in [9.17, 15) is 19.8 Å². The molecule has 0 heterocycles. The maximum atomic E-state index is 12.5.